The number of aryl methyl sites for hydroxylation is 1. The monoisotopic (exact) mass is 274 g/mol. The van der Waals surface area contributed by atoms with Gasteiger partial charge in [0.15, 0.2) is 0 Å². The van der Waals surface area contributed by atoms with Crippen molar-refractivity contribution in [3.63, 3.8) is 0 Å². The highest BCUT2D eigenvalue weighted by atomic mass is 16.2. The van der Waals surface area contributed by atoms with Gasteiger partial charge in [-0.3, -0.25) is 10.1 Å². The lowest BCUT2D eigenvalue weighted by Gasteiger charge is -2.23. The van der Waals surface area contributed by atoms with Crippen molar-refractivity contribution < 1.29 is 4.79 Å². The Labute approximate surface area is 122 Å². The average molecular weight is 274 g/mol. The number of carbonyl (C=O) groups is 1. The first-order chi connectivity index (χ1) is 9.58. The zero-order valence-electron chi connectivity index (χ0n) is 12.8. The molecular formula is C17H26N2O. The molecule has 0 heterocycles. The molecule has 1 aliphatic rings. The average Bonchev–Trinajstić information content (AvgIpc) is 2.91. The van der Waals surface area contributed by atoms with Gasteiger partial charge in [0.1, 0.15) is 0 Å². The lowest BCUT2D eigenvalue weighted by atomic mass is 10.0. The topological polar surface area (TPSA) is 41.1 Å². The molecule has 1 amide bonds. The number of hydrogen-bond donors (Lipinski definition) is 2. The van der Waals surface area contributed by atoms with Crippen LogP contribution in [-0.2, 0) is 4.79 Å². The molecule has 0 aliphatic heterocycles. The van der Waals surface area contributed by atoms with Crippen molar-refractivity contribution in [1.29, 1.82) is 0 Å². The second-order valence-corrected chi connectivity index (χ2v) is 5.96. The largest absolute Gasteiger partial charge is 0.352 e. The van der Waals surface area contributed by atoms with Crippen LogP contribution in [0.5, 0.6) is 0 Å². The molecule has 2 N–H and O–H groups in total. The lowest BCUT2D eigenvalue weighted by Crippen LogP contribution is -2.46. The molecule has 1 aromatic rings. The number of carbonyl (C=O) groups excluding carboxylic acids is 1. The molecule has 0 radical (unpaired) electrons. The minimum Gasteiger partial charge on any atom is -0.352 e. The summed E-state index contributed by atoms with van der Waals surface area (Å²) in [5.41, 5.74) is 2.52. The predicted octanol–water partition coefficient (Wildman–Crippen LogP) is 3.09. The van der Waals surface area contributed by atoms with Crippen LogP contribution < -0.4 is 10.6 Å². The molecule has 2 atom stereocenters. The van der Waals surface area contributed by atoms with Gasteiger partial charge in [-0.25, -0.2) is 0 Å². The van der Waals surface area contributed by atoms with Crippen molar-refractivity contribution in [2.45, 2.75) is 64.6 Å². The van der Waals surface area contributed by atoms with Crippen molar-refractivity contribution in [2.75, 3.05) is 0 Å². The summed E-state index contributed by atoms with van der Waals surface area (Å²) in [4.78, 5) is 12.2. The van der Waals surface area contributed by atoms with E-state index in [4.69, 9.17) is 0 Å². The van der Waals surface area contributed by atoms with Gasteiger partial charge in [-0.1, -0.05) is 37.1 Å². The molecule has 1 fully saturated rings. The van der Waals surface area contributed by atoms with E-state index in [1.54, 1.807) is 0 Å². The van der Waals surface area contributed by atoms with E-state index in [0.29, 0.717) is 6.04 Å². The van der Waals surface area contributed by atoms with Gasteiger partial charge in [0.2, 0.25) is 5.91 Å². The highest BCUT2D eigenvalue weighted by molar-refractivity contribution is 5.81. The number of rotatable bonds is 5. The van der Waals surface area contributed by atoms with Crippen LogP contribution in [0.3, 0.4) is 0 Å². The van der Waals surface area contributed by atoms with Crippen LogP contribution in [0.2, 0.25) is 0 Å². The van der Waals surface area contributed by atoms with E-state index in [1.807, 2.05) is 19.1 Å². The zero-order valence-corrected chi connectivity index (χ0v) is 12.8. The van der Waals surface area contributed by atoms with Gasteiger partial charge in [-0.05, 0) is 44.7 Å². The third kappa shape index (κ3) is 3.83. The van der Waals surface area contributed by atoms with E-state index >= 15 is 0 Å². The smallest absolute Gasteiger partial charge is 0.237 e. The van der Waals surface area contributed by atoms with E-state index < -0.39 is 0 Å². The molecule has 1 aromatic carbocycles. The van der Waals surface area contributed by atoms with Crippen molar-refractivity contribution >= 4 is 5.91 Å². The maximum absolute atomic E-state index is 12.2. The molecule has 1 saturated carbocycles. The summed E-state index contributed by atoms with van der Waals surface area (Å²) in [6, 6.07) is 8.72. The molecule has 20 heavy (non-hydrogen) atoms. The number of hydrogen-bond acceptors (Lipinski definition) is 2. The fourth-order valence-corrected chi connectivity index (χ4v) is 3.01. The number of nitrogens with one attached hydrogen (secondary N) is 2. The van der Waals surface area contributed by atoms with Crippen molar-refractivity contribution in [1.82, 2.24) is 10.6 Å². The Balaban J connectivity index is 1.88. The molecule has 110 valence electrons. The Morgan fingerprint density at radius 1 is 1.20 bits per heavy atom. The SMILES string of the molecule is Cc1ccccc1[C@H](C)NC(C)C(=O)NC1CCCC1. The van der Waals surface area contributed by atoms with E-state index in [9.17, 15) is 4.79 Å². The summed E-state index contributed by atoms with van der Waals surface area (Å²) in [5.74, 6) is 0.123. The Morgan fingerprint density at radius 3 is 2.50 bits per heavy atom. The summed E-state index contributed by atoms with van der Waals surface area (Å²) in [5, 5.41) is 6.55. The van der Waals surface area contributed by atoms with Crippen LogP contribution in [-0.4, -0.2) is 18.0 Å². The Hall–Kier alpha value is -1.35. The van der Waals surface area contributed by atoms with Crippen molar-refractivity contribution in [2.24, 2.45) is 0 Å². The second-order valence-electron chi connectivity index (χ2n) is 5.96. The third-order valence-electron chi connectivity index (χ3n) is 4.25. The van der Waals surface area contributed by atoms with Gasteiger partial charge in [0, 0.05) is 12.1 Å². The van der Waals surface area contributed by atoms with Crippen LogP contribution in [0.4, 0.5) is 0 Å². The molecule has 1 aliphatic carbocycles. The van der Waals surface area contributed by atoms with Crippen LogP contribution >= 0.6 is 0 Å². The van der Waals surface area contributed by atoms with Crippen molar-refractivity contribution in [3.05, 3.63) is 35.4 Å². The van der Waals surface area contributed by atoms with E-state index in [2.05, 4.69) is 36.6 Å². The van der Waals surface area contributed by atoms with Crippen LogP contribution in [0.25, 0.3) is 0 Å². The first-order valence-electron chi connectivity index (χ1n) is 7.70. The molecule has 3 nitrogen and oxygen atoms in total. The number of benzene rings is 1. The first kappa shape index (κ1) is 15.0. The minimum absolute atomic E-state index is 0.123. The normalized spacial score (nSPS) is 18.8. The van der Waals surface area contributed by atoms with Gasteiger partial charge in [0.05, 0.1) is 6.04 Å². The second kappa shape index (κ2) is 6.89. The predicted molar refractivity (Wildman–Crippen MR) is 82.6 cm³/mol. The van der Waals surface area contributed by atoms with E-state index in [-0.39, 0.29) is 18.0 Å². The molecule has 2 rings (SSSR count). The summed E-state index contributed by atoms with van der Waals surface area (Å²) < 4.78 is 0. The lowest BCUT2D eigenvalue weighted by molar-refractivity contribution is -0.123. The van der Waals surface area contributed by atoms with Crippen LogP contribution in [0.15, 0.2) is 24.3 Å². The van der Waals surface area contributed by atoms with Crippen molar-refractivity contribution in [3.8, 4) is 0 Å². The molecule has 0 aromatic heterocycles. The molecule has 0 bridgehead atoms. The zero-order chi connectivity index (χ0) is 14.5. The Morgan fingerprint density at radius 2 is 1.85 bits per heavy atom. The molecule has 3 heteroatoms. The number of amides is 1. The summed E-state index contributed by atoms with van der Waals surface area (Å²) >= 11 is 0. The molecular weight excluding hydrogens is 248 g/mol. The highest BCUT2D eigenvalue weighted by Crippen LogP contribution is 2.19. The molecule has 1 unspecified atom stereocenters. The van der Waals surface area contributed by atoms with Crippen LogP contribution in [0, 0.1) is 6.92 Å². The Kier molecular flexibility index (Phi) is 5.18. The van der Waals surface area contributed by atoms with E-state index in [0.717, 1.165) is 12.8 Å². The van der Waals surface area contributed by atoms with Gasteiger partial charge in [-0.2, -0.15) is 0 Å². The van der Waals surface area contributed by atoms with Gasteiger partial charge >= 0.3 is 0 Å². The van der Waals surface area contributed by atoms with Crippen LogP contribution in [0.1, 0.15) is 56.7 Å². The van der Waals surface area contributed by atoms with Gasteiger partial charge in [0.25, 0.3) is 0 Å². The first-order valence-corrected chi connectivity index (χ1v) is 7.70. The fourth-order valence-electron chi connectivity index (χ4n) is 3.01. The molecule has 0 spiro atoms. The fraction of sp³-hybridized carbons (Fsp3) is 0.588. The maximum atomic E-state index is 12.2. The quantitative estimate of drug-likeness (QED) is 0.866. The summed E-state index contributed by atoms with van der Waals surface area (Å²) in [6.45, 7) is 6.16. The third-order valence-corrected chi connectivity index (χ3v) is 4.25. The van der Waals surface area contributed by atoms with Gasteiger partial charge in [-0.15, -0.1) is 0 Å². The Bertz CT molecular complexity index is 452. The van der Waals surface area contributed by atoms with Gasteiger partial charge < -0.3 is 5.32 Å². The summed E-state index contributed by atoms with van der Waals surface area (Å²) in [6.07, 6.45) is 4.75. The summed E-state index contributed by atoms with van der Waals surface area (Å²) in [7, 11) is 0. The highest BCUT2D eigenvalue weighted by Gasteiger charge is 2.22. The van der Waals surface area contributed by atoms with E-state index in [1.165, 1.54) is 24.0 Å². The maximum Gasteiger partial charge on any atom is 0.237 e. The standard InChI is InChI=1S/C17H26N2O/c1-12-8-4-7-11-16(12)13(2)18-14(3)17(20)19-15-9-5-6-10-15/h4,7-8,11,13-15,18H,5-6,9-10H2,1-3H3,(H,19,20)/t13-,14?/m0/s1. The molecule has 0 saturated heterocycles. The minimum atomic E-state index is -0.162.